The molecule has 1 amide bonds. The molecular weight excluding hydrogens is 332 g/mol. The lowest BCUT2D eigenvalue weighted by atomic mass is 10.1. The second-order valence-electron chi connectivity index (χ2n) is 5.70. The van der Waals surface area contributed by atoms with Crippen LogP contribution in [-0.2, 0) is 9.59 Å². The molecule has 0 aromatic heterocycles. The summed E-state index contributed by atoms with van der Waals surface area (Å²) in [6, 6.07) is 14.3. The molecule has 0 N–H and O–H groups in total. The van der Waals surface area contributed by atoms with Gasteiger partial charge in [-0.1, -0.05) is 24.3 Å². The fourth-order valence-corrected chi connectivity index (χ4v) is 2.61. The highest BCUT2D eigenvalue weighted by Gasteiger charge is 2.28. The van der Waals surface area contributed by atoms with E-state index in [1.54, 1.807) is 31.2 Å². The first-order valence-electron chi connectivity index (χ1n) is 8.03. The molecule has 0 unspecified atom stereocenters. The minimum Gasteiger partial charge on any atom is -0.493 e. The lowest BCUT2D eigenvalue weighted by Gasteiger charge is -2.11. The van der Waals surface area contributed by atoms with E-state index in [2.05, 4.69) is 5.10 Å². The van der Waals surface area contributed by atoms with Crippen molar-refractivity contribution in [1.82, 2.24) is 0 Å². The van der Waals surface area contributed by atoms with Crippen molar-refractivity contribution in [3.05, 3.63) is 59.7 Å². The highest BCUT2D eigenvalue weighted by atomic mass is 16.6. The maximum Gasteiger partial charge on any atom is 0.308 e. The summed E-state index contributed by atoms with van der Waals surface area (Å²) in [4.78, 5) is 23.9. The molecule has 26 heavy (non-hydrogen) atoms. The van der Waals surface area contributed by atoms with Crippen LogP contribution in [0.2, 0.25) is 0 Å². The summed E-state index contributed by atoms with van der Waals surface area (Å²) < 4.78 is 10.4. The standard InChI is InChI=1S/C20H18N2O4/c1-13-17(20(24)22(21-13)16-7-5-4-6-8-16)11-15-9-10-18(26-14(2)23)19(12-15)25-3/h4-12H,1-3H3/b17-11-. The lowest BCUT2D eigenvalue weighted by Crippen LogP contribution is -2.21. The second kappa shape index (κ2) is 7.23. The summed E-state index contributed by atoms with van der Waals surface area (Å²) in [6.45, 7) is 3.11. The van der Waals surface area contributed by atoms with Gasteiger partial charge in [0.05, 0.1) is 24.1 Å². The van der Waals surface area contributed by atoms with Crippen LogP contribution in [0.4, 0.5) is 5.69 Å². The zero-order valence-corrected chi connectivity index (χ0v) is 14.7. The topological polar surface area (TPSA) is 68.2 Å². The number of benzene rings is 2. The Morgan fingerprint density at radius 2 is 1.85 bits per heavy atom. The number of para-hydroxylation sites is 1. The van der Waals surface area contributed by atoms with Crippen molar-refractivity contribution >= 4 is 29.4 Å². The molecule has 3 rings (SSSR count). The van der Waals surface area contributed by atoms with E-state index < -0.39 is 5.97 Å². The molecular formula is C20H18N2O4. The van der Waals surface area contributed by atoms with E-state index in [-0.39, 0.29) is 5.91 Å². The number of ether oxygens (including phenoxy) is 2. The number of nitrogens with zero attached hydrogens (tertiary/aromatic N) is 2. The number of carbonyl (C=O) groups excluding carboxylic acids is 2. The van der Waals surface area contributed by atoms with Crippen LogP contribution < -0.4 is 14.5 Å². The van der Waals surface area contributed by atoms with E-state index in [1.165, 1.54) is 19.0 Å². The Morgan fingerprint density at radius 1 is 1.12 bits per heavy atom. The number of rotatable bonds is 4. The summed E-state index contributed by atoms with van der Waals surface area (Å²) >= 11 is 0. The highest BCUT2D eigenvalue weighted by Crippen LogP contribution is 2.30. The summed E-state index contributed by atoms with van der Waals surface area (Å²) in [5.74, 6) is 0.115. The summed E-state index contributed by atoms with van der Waals surface area (Å²) in [7, 11) is 1.49. The number of carbonyl (C=O) groups is 2. The Hall–Kier alpha value is -3.41. The fraction of sp³-hybridized carbons (Fsp3) is 0.150. The van der Waals surface area contributed by atoms with Gasteiger partial charge in [-0.2, -0.15) is 10.1 Å². The first kappa shape index (κ1) is 17.4. The molecule has 0 aliphatic carbocycles. The van der Waals surface area contributed by atoms with Crippen molar-refractivity contribution in [3.8, 4) is 11.5 Å². The van der Waals surface area contributed by atoms with Gasteiger partial charge in [0.15, 0.2) is 11.5 Å². The molecule has 2 aromatic carbocycles. The first-order valence-corrected chi connectivity index (χ1v) is 8.03. The van der Waals surface area contributed by atoms with Crippen LogP contribution >= 0.6 is 0 Å². The van der Waals surface area contributed by atoms with Crippen molar-refractivity contribution in [2.24, 2.45) is 5.10 Å². The van der Waals surface area contributed by atoms with Crippen molar-refractivity contribution in [3.63, 3.8) is 0 Å². The average molecular weight is 350 g/mol. The molecule has 132 valence electrons. The zero-order valence-electron chi connectivity index (χ0n) is 14.7. The number of methoxy groups -OCH3 is 1. The van der Waals surface area contributed by atoms with E-state index in [9.17, 15) is 9.59 Å². The molecule has 1 aliphatic rings. The van der Waals surface area contributed by atoms with Gasteiger partial charge in [-0.15, -0.1) is 0 Å². The van der Waals surface area contributed by atoms with Crippen LogP contribution in [0.3, 0.4) is 0 Å². The SMILES string of the molecule is COc1cc(/C=C2\C(=O)N(c3ccccc3)N=C2C)ccc1OC(C)=O. The summed E-state index contributed by atoms with van der Waals surface area (Å²) in [5.41, 5.74) is 2.58. The Bertz CT molecular complexity index is 917. The zero-order chi connectivity index (χ0) is 18.7. The third-order valence-electron chi connectivity index (χ3n) is 3.82. The van der Waals surface area contributed by atoms with E-state index in [0.717, 1.165) is 5.56 Å². The predicted octanol–water partition coefficient (Wildman–Crippen LogP) is 3.43. The van der Waals surface area contributed by atoms with Gasteiger partial charge >= 0.3 is 5.97 Å². The second-order valence-corrected chi connectivity index (χ2v) is 5.70. The Kier molecular flexibility index (Phi) is 4.84. The van der Waals surface area contributed by atoms with Gasteiger partial charge in [0.2, 0.25) is 0 Å². The molecule has 0 saturated heterocycles. The summed E-state index contributed by atoms with van der Waals surface area (Å²) in [5, 5.41) is 5.73. The molecule has 6 nitrogen and oxygen atoms in total. The van der Waals surface area contributed by atoms with Gasteiger partial charge in [0.1, 0.15) is 0 Å². The number of amides is 1. The molecule has 0 saturated carbocycles. The quantitative estimate of drug-likeness (QED) is 0.481. The van der Waals surface area contributed by atoms with Crippen molar-refractivity contribution in [2.45, 2.75) is 13.8 Å². The maximum absolute atomic E-state index is 12.7. The van der Waals surface area contributed by atoms with E-state index >= 15 is 0 Å². The van der Waals surface area contributed by atoms with Gasteiger partial charge in [0.25, 0.3) is 5.91 Å². The Labute approximate surface area is 151 Å². The van der Waals surface area contributed by atoms with Crippen LogP contribution in [0.15, 0.2) is 59.2 Å². The van der Waals surface area contributed by atoms with E-state index in [0.29, 0.717) is 28.5 Å². The van der Waals surface area contributed by atoms with Crippen molar-refractivity contribution in [1.29, 1.82) is 0 Å². The molecule has 0 spiro atoms. The normalized spacial score (nSPS) is 15.2. The number of hydrazone groups is 1. The average Bonchev–Trinajstić information content (AvgIpc) is 2.91. The largest absolute Gasteiger partial charge is 0.493 e. The molecule has 0 atom stereocenters. The third kappa shape index (κ3) is 3.49. The van der Waals surface area contributed by atoms with Crippen molar-refractivity contribution in [2.75, 3.05) is 12.1 Å². The minimum absolute atomic E-state index is 0.197. The number of anilines is 1. The minimum atomic E-state index is -0.429. The molecule has 0 radical (unpaired) electrons. The monoisotopic (exact) mass is 350 g/mol. The molecule has 0 bridgehead atoms. The van der Waals surface area contributed by atoms with Gasteiger partial charge in [-0.05, 0) is 42.8 Å². The Balaban J connectivity index is 1.92. The Morgan fingerprint density at radius 3 is 2.50 bits per heavy atom. The molecule has 6 heteroatoms. The van der Waals surface area contributed by atoms with Gasteiger partial charge in [-0.3, -0.25) is 9.59 Å². The van der Waals surface area contributed by atoms with Gasteiger partial charge < -0.3 is 9.47 Å². The predicted molar refractivity (Wildman–Crippen MR) is 99.3 cm³/mol. The van der Waals surface area contributed by atoms with Crippen LogP contribution in [0, 0.1) is 0 Å². The fourth-order valence-electron chi connectivity index (χ4n) is 2.61. The molecule has 1 heterocycles. The lowest BCUT2D eigenvalue weighted by molar-refractivity contribution is -0.132. The number of hydrogen-bond acceptors (Lipinski definition) is 5. The van der Waals surface area contributed by atoms with Crippen LogP contribution in [0.1, 0.15) is 19.4 Å². The van der Waals surface area contributed by atoms with Crippen molar-refractivity contribution < 1.29 is 19.1 Å². The van der Waals surface area contributed by atoms with Crippen LogP contribution in [0.5, 0.6) is 11.5 Å². The van der Waals surface area contributed by atoms with E-state index in [1.807, 2.05) is 30.3 Å². The maximum atomic E-state index is 12.7. The highest BCUT2D eigenvalue weighted by molar-refractivity contribution is 6.32. The van der Waals surface area contributed by atoms with Crippen LogP contribution in [0.25, 0.3) is 6.08 Å². The smallest absolute Gasteiger partial charge is 0.308 e. The molecule has 2 aromatic rings. The van der Waals surface area contributed by atoms with E-state index in [4.69, 9.17) is 9.47 Å². The number of esters is 1. The molecule has 1 aliphatic heterocycles. The number of hydrogen-bond donors (Lipinski definition) is 0. The first-order chi connectivity index (χ1) is 12.5. The van der Waals surface area contributed by atoms with Gasteiger partial charge in [0, 0.05) is 6.92 Å². The van der Waals surface area contributed by atoms with Crippen LogP contribution in [-0.4, -0.2) is 24.7 Å². The van der Waals surface area contributed by atoms with Gasteiger partial charge in [-0.25, -0.2) is 0 Å². The molecule has 0 fully saturated rings. The third-order valence-corrected chi connectivity index (χ3v) is 3.82. The summed E-state index contributed by atoms with van der Waals surface area (Å²) in [6.07, 6.45) is 1.74.